The molecule has 0 aliphatic heterocycles. The number of nitrogens with one attached hydrogen (secondary N) is 1. The van der Waals surface area contributed by atoms with Crippen molar-refractivity contribution in [3.05, 3.63) is 36.9 Å². The quantitative estimate of drug-likeness (QED) is 0.550. The first-order valence-corrected chi connectivity index (χ1v) is 9.44. The van der Waals surface area contributed by atoms with E-state index in [0.29, 0.717) is 6.04 Å². The van der Waals surface area contributed by atoms with Crippen LogP contribution in [0.3, 0.4) is 0 Å². The van der Waals surface area contributed by atoms with Crippen LogP contribution in [0.1, 0.15) is 44.9 Å². The van der Waals surface area contributed by atoms with Gasteiger partial charge in [0.1, 0.15) is 0 Å². The van der Waals surface area contributed by atoms with Gasteiger partial charge in [0.05, 0.1) is 0 Å². The van der Waals surface area contributed by atoms with Crippen LogP contribution in [-0.2, 0) is 0 Å². The van der Waals surface area contributed by atoms with E-state index in [1.165, 1.54) is 55.5 Å². The third kappa shape index (κ3) is 3.85. The molecular weight excluding hydrogens is 274 g/mol. The van der Waals surface area contributed by atoms with Gasteiger partial charge in [-0.15, -0.1) is 18.3 Å². The number of hydrogen-bond donors (Lipinski definition) is 1. The Morgan fingerprint density at radius 1 is 1.10 bits per heavy atom. The maximum atomic E-state index is 3.84. The van der Waals surface area contributed by atoms with Gasteiger partial charge in [-0.3, -0.25) is 0 Å². The molecule has 1 aromatic carbocycles. The molecule has 0 saturated heterocycles. The Balaban J connectivity index is 1.62. The van der Waals surface area contributed by atoms with E-state index >= 15 is 0 Å². The lowest BCUT2D eigenvalue weighted by molar-refractivity contribution is 0.162. The fraction of sp³-hybridized carbons (Fsp3) is 0.579. The minimum Gasteiger partial charge on any atom is -0.381 e. The van der Waals surface area contributed by atoms with Gasteiger partial charge in [0.2, 0.25) is 0 Å². The lowest BCUT2D eigenvalue weighted by Crippen LogP contribution is -2.34. The monoisotopic (exact) mass is 301 g/mol. The fourth-order valence-electron chi connectivity index (χ4n) is 4.08. The highest BCUT2D eigenvalue weighted by Gasteiger charge is 2.32. The summed E-state index contributed by atoms with van der Waals surface area (Å²) in [6.45, 7) is 3.83. The van der Waals surface area contributed by atoms with Gasteiger partial charge in [-0.05, 0) is 43.2 Å². The first-order chi connectivity index (χ1) is 10.4. The standard InChI is InChI=1S/C19H27NS/c1-2-13-21-19-10-6-5-9-18(19)20-17-12-11-15-7-3-4-8-16(15)14-17/h2,5-6,9-10,15-17,20H,1,3-4,7-8,11-14H2. The summed E-state index contributed by atoms with van der Waals surface area (Å²) in [6.07, 6.45) is 12.0. The minimum absolute atomic E-state index is 0.676. The van der Waals surface area contributed by atoms with E-state index < -0.39 is 0 Å². The SMILES string of the molecule is C=CCSc1ccccc1NC1CCC2CCCCC2C1. The third-order valence-electron chi connectivity index (χ3n) is 5.14. The van der Waals surface area contributed by atoms with Crippen molar-refractivity contribution in [2.45, 2.75) is 55.9 Å². The van der Waals surface area contributed by atoms with Crippen molar-refractivity contribution in [2.24, 2.45) is 11.8 Å². The molecule has 2 aliphatic carbocycles. The number of para-hydroxylation sites is 1. The lowest BCUT2D eigenvalue weighted by atomic mass is 9.69. The fourth-order valence-corrected chi connectivity index (χ4v) is 4.84. The Morgan fingerprint density at radius 2 is 1.90 bits per heavy atom. The Hall–Kier alpha value is -0.890. The molecule has 1 nitrogen and oxygen atoms in total. The van der Waals surface area contributed by atoms with Gasteiger partial charge in [0, 0.05) is 22.4 Å². The van der Waals surface area contributed by atoms with E-state index in [2.05, 4.69) is 36.2 Å². The number of thioether (sulfide) groups is 1. The van der Waals surface area contributed by atoms with E-state index in [9.17, 15) is 0 Å². The van der Waals surface area contributed by atoms with E-state index in [1.54, 1.807) is 0 Å². The predicted octanol–water partition coefficient (Wildman–Crippen LogP) is 5.74. The van der Waals surface area contributed by atoms with Crippen molar-refractivity contribution in [3.63, 3.8) is 0 Å². The summed E-state index contributed by atoms with van der Waals surface area (Å²) >= 11 is 1.88. The van der Waals surface area contributed by atoms with Crippen LogP contribution >= 0.6 is 11.8 Å². The molecule has 2 saturated carbocycles. The van der Waals surface area contributed by atoms with Crippen molar-refractivity contribution in [1.82, 2.24) is 0 Å². The van der Waals surface area contributed by atoms with E-state index in [1.807, 2.05) is 17.8 Å². The molecule has 0 radical (unpaired) electrons. The molecule has 21 heavy (non-hydrogen) atoms. The highest BCUT2D eigenvalue weighted by Crippen LogP contribution is 2.41. The molecule has 2 heteroatoms. The average molecular weight is 301 g/mol. The normalized spacial score (nSPS) is 28.7. The van der Waals surface area contributed by atoms with Crippen molar-refractivity contribution >= 4 is 17.4 Å². The molecule has 2 fully saturated rings. The molecule has 3 atom stereocenters. The van der Waals surface area contributed by atoms with Gasteiger partial charge in [-0.25, -0.2) is 0 Å². The molecule has 3 unspecified atom stereocenters. The van der Waals surface area contributed by atoms with Gasteiger partial charge in [0.15, 0.2) is 0 Å². The van der Waals surface area contributed by atoms with Gasteiger partial charge in [0.25, 0.3) is 0 Å². The maximum absolute atomic E-state index is 3.84. The summed E-state index contributed by atoms with van der Waals surface area (Å²) in [4.78, 5) is 1.36. The molecule has 0 aromatic heterocycles. The summed E-state index contributed by atoms with van der Waals surface area (Å²) in [5.74, 6) is 2.99. The molecule has 0 spiro atoms. The summed E-state index contributed by atoms with van der Waals surface area (Å²) in [5.41, 5.74) is 1.32. The Bertz CT molecular complexity index is 470. The maximum Gasteiger partial charge on any atom is 0.0480 e. The zero-order chi connectivity index (χ0) is 14.5. The highest BCUT2D eigenvalue weighted by molar-refractivity contribution is 7.99. The molecule has 2 aliphatic rings. The first kappa shape index (κ1) is 15.0. The van der Waals surface area contributed by atoms with Crippen molar-refractivity contribution in [3.8, 4) is 0 Å². The van der Waals surface area contributed by atoms with Crippen LogP contribution < -0.4 is 5.32 Å². The topological polar surface area (TPSA) is 12.0 Å². The average Bonchev–Trinajstić information content (AvgIpc) is 2.54. The van der Waals surface area contributed by atoms with Crippen molar-refractivity contribution in [1.29, 1.82) is 0 Å². The molecule has 0 bridgehead atoms. The Morgan fingerprint density at radius 3 is 2.76 bits per heavy atom. The zero-order valence-corrected chi connectivity index (χ0v) is 13.7. The number of hydrogen-bond acceptors (Lipinski definition) is 2. The number of benzene rings is 1. The summed E-state index contributed by atoms with van der Waals surface area (Å²) in [6, 6.07) is 9.41. The van der Waals surface area contributed by atoms with Gasteiger partial charge in [-0.2, -0.15) is 0 Å². The molecule has 1 N–H and O–H groups in total. The van der Waals surface area contributed by atoms with E-state index in [4.69, 9.17) is 0 Å². The molecule has 3 rings (SSSR count). The largest absolute Gasteiger partial charge is 0.381 e. The second-order valence-corrected chi connectivity index (χ2v) is 7.62. The minimum atomic E-state index is 0.676. The van der Waals surface area contributed by atoms with Crippen LogP contribution in [0.4, 0.5) is 5.69 Å². The molecular formula is C19H27NS. The van der Waals surface area contributed by atoms with Crippen LogP contribution in [0.25, 0.3) is 0 Å². The summed E-state index contributed by atoms with van der Waals surface area (Å²) in [5, 5.41) is 3.84. The lowest BCUT2D eigenvalue weighted by Gasteiger charge is -2.40. The highest BCUT2D eigenvalue weighted by atomic mass is 32.2. The van der Waals surface area contributed by atoms with E-state index in [0.717, 1.165) is 17.6 Å². The molecule has 114 valence electrons. The number of anilines is 1. The van der Waals surface area contributed by atoms with Crippen LogP contribution in [0.5, 0.6) is 0 Å². The van der Waals surface area contributed by atoms with Gasteiger partial charge < -0.3 is 5.32 Å². The van der Waals surface area contributed by atoms with Gasteiger partial charge in [-0.1, -0.05) is 43.9 Å². The first-order valence-electron chi connectivity index (χ1n) is 8.46. The predicted molar refractivity (Wildman–Crippen MR) is 94.1 cm³/mol. The van der Waals surface area contributed by atoms with Crippen LogP contribution in [0, 0.1) is 11.8 Å². The zero-order valence-electron chi connectivity index (χ0n) is 12.9. The van der Waals surface area contributed by atoms with E-state index in [-0.39, 0.29) is 0 Å². The molecule has 0 amide bonds. The Labute approximate surface area is 133 Å². The second-order valence-electron chi connectivity index (χ2n) is 6.55. The number of fused-ring (bicyclic) bond motifs is 1. The summed E-state index contributed by atoms with van der Waals surface area (Å²) in [7, 11) is 0. The third-order valence-corrected chi connectivity index (χ3v) is 6.21. The molecule has 1 aromatic rings. The van der Waals surface area contributed by atoms with Crippen LogP contribution in [-0.4, -0.2) is 11.8 Å². The second kappa shape index (κ2) is 7.40. The van der Waals surface area contributed by atoms with Crippen LogP contribution in [0.2, 0.25) is 0 Å². The van der Waals surface area contributed by atoms with Crippen LogP contribution in [0.15, 0.2) is 41.8 Å². The Kier molecular flexibility index (Phi) is 5.29. The smallest absolute Gasteiger partial charge is 0.0480 e. The van der Waals surface area contributed by atoms with Gasteiger partial charge >= 0.3 is 0 Å². The summed E-state index contributed by atoms with van der Waals surface area (Å²) < 4.78 is 0. The van der Waals surface area contributed by atoms with Crippen molar-refractivity contribution in [2.75, 3.05) is 11.1 Å². The molecule has 0 heterocycles. The van der Waals surface area contributed by atoms with Crippen molar-refractivity contribution < 1.29 is 0 Å². The number of rotatable bonds is 5.